The molecule has 0 atom stereocenters. The molecule has 1 fully saturated rings. The van der Waals surface area contributed by atoms with E-state index in [1.165, 1.54) is 6.07 Å². The van der Waals surface area contributed by atoms with E-state index in [1.54, 1.807) is 22.7 Å². The summed E-state index contributed by atoms with van der Waals surface area (Å²) in [6.07, 6.45) is 0.423. The minimum Gasteiger partial charge on any atom is -0.354 e. The number of halogens is 1. The molecule has 0 radical (unpaired) electrons. The summed E-state index contributed by atoms with van der Waals surface area (Å²) in [5, 5.41) is 9.48. The van der Waals surface area contributed by atoms with Crippen LogP contribution in [0.2, 0.25) is 0 Å². The number of carbonyl (C=O) groups excluding carboxylic acids is 1. The average Bonchev–Trinajstić information content (AvgIpc) is 3.15. The fourth-order valence-corrected chi connectivity index (χ4v) is 4.25. The molecule has 1 amide bonds. The van der Waals surface area contributed by atoms with Crippen molar-refractivity contribution in [3.63, 3.8) is 0 Å². The first-order chi connectivity index (χ1) is 16.0. The normalized spacial score (nSPS) is 15.1. The zero-order valence-corrected chi connectivity index (χ0v) is 18.8. The Balaban J connectivity index is 1.58. The van der Waals surface area contributed by atoms with E-state index in [4.69, 9.17) is 4.98 Å². The highest BCUT2D eigenvalue weighted by molar-refractivity contribution is 5.94. The highest BCUT2D eigenvalue weighted by Crippen LogP contribution is 2.31. The number of nitrogens with zero attached hydrogens (tertiary/aromatic N) is 7. The van der Waals surface area contributed by atoms with Crippen molar-refractivity contribution in [2.75, 3.05) is 51.7 Å². The Morgan fingerprint density at radius 3 is 2.64 bits per heavy atom. The van der Waals surface area contributed by atoms with Gasteiger partial charge in [0.1, 0.15) is 17.3 Å². The standard InChI is InChI=1S/C24H26FN7O/c1-29(2)13-14-30-15-16-31(12-11-21(30)33)23-18-8-4-6-10-20(18)32-24(26-23)22(27-28-32)17-7-3-5-9-19(17)25/h3-10H,11-16H2,1-2H3. The third kappa shape index (κ3) is 4.00. The maximum atomic E-state index is 14.6. The van der Waals surface area contributed by atoms with E-state index in [2.05, 4.69) is 20.1 Å². The van der Waals surface area contributed by atoms with Crippen LogP contribution in [0.4, 0.5) is 10.2 Å². The Kier molecular flexibility index (Phi) is 5.63. The molecule has 4 aromatic rings. The number of para-hydroxylation sites is 1. The van der Waals surface area contributed by atoms with Gasteiger partial charge in [-0.2, -0.15) is 4.52 Å². The molecule has 2 aromatic carbocycles. The first kappa shape index (κ1) is 21.3. The van der Waals surface area contributed by atoms with Crippen molar-refractivity contribution in [3.05, 3.63) is 54.3 Å². The van der Waals surface area contributed by atoms with Crippen LogP contribution in [0.15, 0.2) is 48.5 Å². The van der Waals surface area contributed by atoms with E-state index in [9.17, 15) is 9.18 Å². The molecule has 1 aliphatic heterocycles. The van der Waals surface area contributed by atoms with Crippen LogP contribution in [-0.4, -0.2) is 82.3 Å². The van der Waals surface area contributed by atoms with Crippen molar-refractivity contribution < 1.29 is 9.18 Å². The van der Waals surface area contributed by atoms with Gasteiger partial charge in [-0.15, -0.1) is 5.10 Å². The monoisotopic (exact) mass is 447 g/mol. The van der Waals surface area contributed by atoms with Crippen molar-refractivity contribution >= 4 is 28.3 Å². The van der Waals surface area contributed by atoms with Crippen LogP contribution in [0, 0.1) is 5.82 Å². The quantitative estimate of drug-likeness (QED) is 0.469. The van der Waals surface area contributed by atoms with E-state index in [0.29, 0.717) is 49.5 Å². The van der Waals surface area contributed by atoms with E-state index in [1.807, 2.05) is 43.3 Å². The average molecular weight is 448 g/mol. The Morgan fingerprint density at radius 1 is 1.03 bits per heavy atom. The van der Waals surface area contributed by atoms with Crippen LogP contribution >= 0.6 is 0 Å². The Hall–Kier alpha value is -3.59. The Labute approximate surface area is 191 Å². The fraction of sp³-hybridized carbons (Fsp3) is 0.333. The number of carbonyl (C=O) groups is 1. The highest BCUT2D eigenvalue weighted by atomic mass is 19.1. The van der Waals surface area contributed by atoms with E-state index < -0.39 is 0 Å². The predicted molar refractivity (Wildman–Crippen MR) is 126 cm³/mol. The van der Waals surface area contributed by atoms with Gasteiger partial charge in [0.25, 0.3) is 0 Å². The summed E-state index contributed by atoms with van der Waals surface area (Å²) in [6.45, 7) is 3.40. The summed E-state index contributed by atoms with van der Waals surface area (Å²) in [6, 6.07) is 14.4. The molecule has 0 N–H and O–H groups in total. The second-order valence-electron chi connectivity index (χ2n) is 8.53. The number of aromatic nitrogens is 4. The molecule has 3 heterocycles. The largest absolute Gasteiger partial charge is 0.354 e. The lowest BCUT2D eigenvalue weighted by Gasteiger charge is -2.25. The zero-order chi connectivity index (χ0) is 22.9. The maximum absolute atomic E-state index is 14.6. The van der Waals surface area contributed by atoms with Crippen LogP contribution in [0.1, 0.15) is 6.42 Å². The van der Waals surface area contributed by atoms with Gasteiger partial charge >= 0.3 is 0 Å². The number of likely N-dealkylation sites (N-methyl/N-ethyl adjacent to an activating group) is 1. The predicted octanol–water partition coefficient (Wildman–Crippen LogP) is 2.68. The van der Waals surface area contributed by atoms with Crippen molar-refractivity contribution in [2.45, 2.75) is 6.42 Å². The maximum Gasteiger partial charge on any atom is 0.224 e. The second kappa shape index (κ2) is 8.74. The smallest absolute Gasteiger partial charge is 0.224 e. The third-order valence-electron chi connectivity index (χ3n) is 6.07. The molecule has 1 aliphatic rings. The molecule has 0 saturated carbocycles. The summed E-state index contributed by atoms with van der Waals surface area (Å²) in [7, 11) is 4.01. The Bertz CT molecular complexity index is 1320. The molecule has 0 spiro atoms. The molecule has 0 bridgehead atoms. The van der Waals surface area contributed by atoms with Gasteiger partial charge in [0, 0.05) is 50.1 Å². The highest BCUT2D eigenvalue weighted by Gasteiger charge is 2.25. The van der Waals surface area contributed by atoms with E-state index >= 15 is 0 Å². The lowest BCUT2D eigenvalue weighted by atomic mass is 10.1. The van der Waals surface area contributed by atoms with Gasteiger partial charge in [-0.25, -0.2) is 9.37 Å². The lowest BCUT2D eigenvalue weighted by molar-refractivity contribution is -0.130. The first-order valence-corrected chi connectivity index (χ1v) is 11.1. The van der Waals surface area contributed by atoms with Gasteiger partial charge < -0.3 is 14.7 Å². The number of hydrogen-bond acceptors (Lipinski definition) is 6. The molecule has 8 nitrogen and oxygen atoms in total. The molecule has 0 aliphatic carbocycles. The van der Waals surface area contributed by atoms with Crippen molar-refractivity contribution in [2.24, 2.45) is 0 Å². The number of benzene rings is 2. The Morgan fingerprint density at radius 2 is 1.82 bits per heavy atom. The van der Waals surface area contributed by atoms with Gasteiger partial charge in [0.05, 0.1) is 5.52 Å². The minimum absolute atomic E-state index is 0.155. The van der Waals surface area contributed by atoms with E-state index in [0.717, 1.165) is 23.3 Å². The molecule has 0 unspecified atom stereocenters. The fourth-order valence-electron chi connectivity index (χ4n) is 4.25. The minimum atomic E-state index is -0.367. The topological polar surface area (TPSA) is 69.9 Å². The van der Waals surface area contributed by atoms with Crippen molar-refractivity contribution in [3.8, 4) is 11.3 Å². The van der Waals surface area contributed by atoms with Gasteiger partial charge in [-0.3, -0.25) is 4.79 Å². The molecule has 2 aromatic heterocycles. The number of rotatable bonds is 5. The molecule has 9 heteroatoms. The summed E-state index contributed by atoms with van der Waals surface area (Å²) in [5.74, 6) is 0.552. The summed E-state index contributed by atoms with van der Waals surface area (Å²) < 4.78 is 16.2. The van der Waals surface area contributed by atoms with Crippen LogP contribution in [0.3, 0.4) is 0 Å². The molecule has 1 saturated heterocycles. The van der Waals surface area contributed by atoms with Crippen LogP contribution in [0.25, 0.3) is 27.8 Å². The molecular weight excluding hydrogens is 421 g/mol. The van der Waals surface area contributed by atoms with Gasteiger partial charge in [-0.05, 0) is 38.4 Å². The SMILES string of the molecule is CN(C)CCN1CCN(c2nc3c(-c4ccccc4F)nnn3c3ccccc23)CCC1=O. The zero-order valence-electron chi connectivity index (χ0n) is 18.8. The van der Waals surface area contributed by atoms with Crippen molar-refractivity contribution in [1.29, 1.82) is 0 Å². The summed E-state index contributed by atoms with van der Waals surface area (Å²) in [4.78, 5) is 23.8. The third-order valence-corrected chi connectivity index (χ3v) is 6.07. The number of amides is 1. The lowest BCUT2D eigenvalue weighted by Crippen LogP contribution is -2.38. The summed E-state index contributed by atoms with van der Waals surface area (Å²) in [5.41, 5.74) is 2.10. The summed E-state index contributed by atoms with van der Waals surface area (Å²) >= 11 is 0. The van der Waals surface area contributed by atoms with Gasteiger partial charge in [0.2, 0.25) is 5.91 Å². The van der Waals surface area contributed by atoms with Gasteiger partial charge in [-0.1, -0.05) is 29.5 Å². The number of fused-ring (bicyclic) bond motifs is 3. The van der Waals surface area contributed by atoms with Gasteiger partial charge in [0.15, 0.2) is 5.65 Å². The first-order valence-electron chi connectivity index (χ1n) is 11.1. The molecule has 5 rings (SSSR count). The van der Waals surface area contributed by atoms with E-state index in [-0.39, 0.29) is 11.7 Å². The van der Waals surface area contributed by atoms with Crippen molar-refractivity contribution in [1.82, 2.24) is 29.6 Å². The van der Waals surface area contributed by atoms with Crippen LogP contribution in [-0.2, 0) is 4.79 Å². The van der Waals surface area contributed by atoms with Crippen LogP contribution in [0.5, 0.6) is 0 Å². The molecule has 170 valence electrons. The molecule has 33 heavy (non-hydrogen) atoms. The second-order valence-corrected chi connectivity index (χ2v) is 8.53. The number of hydrogen-bond donors (Lipinski definition) is 0. The molecular formula is C24H26FN7O. The van der Waals surface area contributed by atoms with Crippen LogP contribution < -0.4 is 4.90 Å². The number of anilines is 1.